The number of nitro benzene ring substituents is 1. The van der Waals surface area contributed by atoms with Crippen LogP contribution in [0.1, 0.15) is 26.7 Å². The third-order valence-corrected chi connectivity index (χ3v) is 4.25. The number of hydrogen-bond acceptors (Lipinski definition) is 7. The lowest BCUT2D eigenvalue weighted by atomic mass is 10.0. The Kier molecular flexibility index (Phi) is 7.54. The Morgan fingerprint density at radius 2 is 1.85 bits per heavy atom. The maximum atomic E-state index is 12.2. The minimum atomic E-state index is -0.902. The monoisotopic (exact) mass is 380 g/mol. The highest BCUT2D eigenvalue weighted by Crippen LogP contribution is 2.20. The lowest BCUT2D eigenvalue weighted by Crippen LogP contribution is -2.41. The molecule has 9 heteroatoms. The smallest absolute Gasteiger partial charge is 0.430 e. The molecular formula is C18H24N2O7. The summed E-state index contributed by atoms with van der Waals surface area (Å²) in [5, 5.41) is 10.6. The van der Waals surface area contributed by atoms with Crippen LogP contribution in [0.15, 0.2) is 24.3 Å². The summed E-state index contributed by atoms with van der Waals surface area (Å²) in [4.78, 5) is 36.1. The van der Waals surface area contributed by atoms with E-state index in [9.17, 15) is 19.7 Å². The standard InChI is InChI=1S/C18H24N2O7/c1-13(2)16(7-8-17(21)19-9-11-25-12-10-19)27-18(22)26-15-5-3-14(4-6-15)20(23)24/h3-6,13,16H,7-12H2,1-2H3. The summed E-state index contributed by atoms with van der Waals surface area (Å²) in [6.07, 6.45) is -0.710. The Hall–Kier alpha value is -2.68. The first-order valence-corrected chi connectivity index (χ1v) is 8.85. The molecule has 1 aromatic carbocycles. The largest absolute Gasteiger partial charge is 0.514 e. The highest BCUT2D eigenvalue weighted by atomic mass is 16.7. The minimum Gasteiger partial charge on any atom is -0.430 e. The zero-order valence-corrected chi connectivity index (χ0v) is 15.5. The predicted molar refractivity (Wildman–Crippen MR) is 95.5 cm³/mol. The van der Waals surface area contributed by atoms with Gasteiger partial charge < -0.3 is 19.1 Å². The van der Waals surface area contributed by atoms with Gasteiger partial charge in [-0.15, -0.1) is 0 Å². The molecule has 0 aromatic heterocycles. The van der Waals surface area contributed by atoms with Crippen LogP contribution in [-0.2, 0) is 14.3 Å². The van der Waals surface area contributed by atoms with Crippen molar-refractivity contribution < 1.29 is 28.7 Å². The van der Waals surface area contributed by atoms with Crippen molar-refractivity contribution in [3.63, 3.8) is 0 Å². The molecule has 2 rings (SSSR count). The maximum absolute atomic E-state index is 12.2. The van der Waals surface area contributed by atoms with Gasteiger partial charge in [-0.3, -0.25) is 14.9 Å². The summed E-state index contributed by atoms with van der Waals surface area (Å²) in [5.41, 5.74) is -0.0996. The van der Waals surface area contributed by atoms with Crippen molar-refractivity contribution in [1.82, 2.24) is 4.90 Å². The second-order valence-electron chi connectivity index (χ2n) is 6.54. The Morgan fingerprint density at radius 3 is 2.41 bits per heavy atom. The lowest BCUT2D eigenvalue weighted by Gasteiger charge is -2.28. The number of benzene rings is 1. The van der Waals surface area contributed by atoms with Gasteiger partial charge in [0.2, 0.25) is 5.91 Å². The molecule has 1 fully saturated rings. The van der Waals surface area contributed by atoms with Crippen LogP contribution in [-0.4, -0.2) is 54.3 Å². The first-order valence-electron chi connectivity index (χ1n) is 8.85. The van der Waals surface area contributed by atoms with Gasteiger partial charge in [-0.25, -0.2) is 4.79 Å². The first-order chi connectivity index (χ1) is 12.9. The number of non-ortho nitro benzene ring substituents is 1. The van der Waals surface area contributed by atoms with E-state index in [0.29, 0.717) is 32.7 Å². The molecule has 0 aliphatic carbocycles. The number of nitro groups is 1. The van der Waals surface area contributed by atoms with Crippen molar-refractivity contribution in [2.75, 3.05) is 26.3 Å². The number of carbonyl (C=O) groups excluding carboxylic acids is 2. The van der Waals surface area contributed by atoms with E-state index < -0.39 is 17.2 Å². The van der Waals surface area contributed by atoms with Crippen molar-refractivity contribution in [2.24, 2.45) is 5.92 Å². The Balaban J connectivity index is 1.84. The van der Waals surface area contributed by atoms with Crippen LogP contribution in [0.2, 0.25) is 0 Å². The normalized spacial score (nSPS) is 15.3. The number of ether oxygens (including phenoxy) is 3. The molecule has 27 heavy (non-hydrogen) atoms. The van der Waals surface area contributed by atoms with Crippen molar-refractivity contribution >= 4 is 17.7 Å². The van der Waals surface area contributed by atoms with Gasteiger partial charge in [-0.05, 0) is 24.5 Å². The van der Waals surface area contributed by atoms with Crippen LogP contribution in [0.25, 0.3) is 0 Å². The fourth-order valence-electron chi connectivity index (χ4n) is 2.64. The third kappa shape index (κ3) is 6.52. The Labute approximate surface area is 157 Å². The molecule has 0 saturated carbocycles. The van der Waals surface area contributed by atoms with Crippen molar-refractivity contribution in [1.29, 1.82) is 0 Å². The van der Waals surface area contributed by atoms with Gasteiger partial charge in [0.1, 0.15) is 11.9 Å². The molecule has 9 nitrogen and oxygen atoms in total. The Bertz CT molecular complexity index is 654. The number of hydrogen-bond donors (Lipinski definition) is 0. The lowest BCUT2D eigenvalue weighted by molar-refractivity contribution is -0.384. The quantitative estimate of drug-likeness (QED) is 0.310. The zero-order valence-electron chi connectivity index (χ0n) is 15.5. The first kappa shape index (κ1) is 20.6. The SMILES string of the molecule is CC(C)C(CCC(=O)N1CCOCC1)OC(=O)Oc1ccc([N+](=O)[O-])cc1. The molecule has 0 spiro atoms. The fourth-order valence-corrected chi connectivity index (χ4v) is 2.64. The Morgan fingerprint density at radius 1 is 1.22 bits per heavy atom. The molecule has 1 heterocycles. The molecule has 1 atom stereocenters. The van der Waals surface area contributed by atoms with Crippen LogP contribution >= 0.6 is 0 Å². The zero-order chi connectivity index (χ0) is 19.8. The molecule has 0 N–H and O–H groups in total. The second kappa shape index (κ2) is 9.86. The van der Waals surface area contributed by atoms with Crippen LogP contribution in [0.3, 0.4) is 0 Å². The van der Waals surface area contributed by atoms with Crippen LogP contribution in [0, 0.1) is 16.0 Å². The number of morpholine rings is 1. The summed E-state index contributed by atoms with van der Waals surface area (Å²) in [6.45, 7) is 6.02. The summed E-state index contributed by atoms with van der Waals surface area (Å²) < 4.78 is 15.6. The molecule has 0 bridgehead atoms. The molecule has 1 aliphatic rings. The van der Waals surface area contributed by atoms with Gasteiger partial charge in [-0.2, -0.15) is 0 Å². The van der Waals surface area contributed by atoms with Gasteiger partial charge in [0.25, 0.3) is 5.69 Å². The van der Waals surface area contributed by atoms with E-state index in [2.05, 4.69) is 0 Å². The topological polar surface area (TPSA) is 108 Å². The van der Waals surface area contributed by atoms with Gasteiger partial charge in [0, 0.05) is 31.6 Å². The van der Waals surface area contributed by atoms with Crippen LogP contribution in [0.4, 0.5) is 10.5 Å². The number of amides is 1. The van der Waals surface area contributed by atoms with E-state index in [4.69, 9.17) is 14.2 Å². The number of rotatable bonds is 7. The van der Waals surface area contributed by atoms with E-state index in [1.54, 1.807) is 4.90 Å². The van der Waals surface area contributed by atoms with E-state index in [1.165, 1.54) is 24.3 Å². The van der Waals surface area contributed by atoms with Gasteiger partial charge in [-0.1, -0.05) is 13.8 Å². The van der Waals surface area contributed by atoms with Crippen molar-refractivity contribution in [3.8, 4) is 5.75 Å². The predicted octanol–water partition coefficient (Wildman–Crippen LogP) is 2.77. The minimum absolute atomic E-state index is 0.00639. The average molecular weight is 380 g/mol. The second-order valence-corrected chi connectivity index (χ2v) is 6.54. The summed E-state index contributed by atoms with van der Waals surface area (Å²) in [7, 11) is 0. The van der Waals surface area contributed by atoms with Gasteiger partial charge >= 0.3 is 6.16 Å². The number of nitrogens with zero attached hydrogens (tertiary/aromatic N) is 2. The molecule has 148 valence electrons. The van der Waals surface area contributed by atoms with E-state index in [-0.39, 0.29) is 29.7 Å². The molecule has 1 unspecified atom stereocenters. The number of carbonyl (C=O) groups is 2. The average Bonchev–Trinajstić information content (AvgIpc) is 2.65. The van der Waals surface area contributed by atoms with E-state index >= 15 is 0 Å². The molecule has 1 saturated heterocycles. The molecule has 1 aromatic rings. The third-order valence-electron chi connectivity index (χ3n) is 4.25. The van der Waals surface area contributed by atoms with Crippen LogP contribution in [0.5, 0.6) is 5.75 Å². The van der Waals surface area contributed by atoms with Crippen molar-refractivity contribution in [2.45, 2.75) is 32.8 Å². The molecule has 1 aliphatic heterocycles. The summed E-state index contributed by atoms with van der Waals surface area (Å²) >= 11 is 0. The highest BCUT2D eigenvalue weighted by molar-refractivity contribution is 5.76. The summed E-state index contributed by atoms with van der Waals surface area (Å²) in [5.74, 6) is 0.167. The van der Waals surface area contributed by atoms with E-state index in [1.807, 2.05) is 13.8 Å². The van der Waals surface area contributed by atoms with Crippen molar-refractivity contribution in [3.05, 3.63) is 34.4 Å². The van der Waals surface area contributed by atoms with E-state index in [0.717, 1.165) is 0 Å². The summed E-state index contributed by atoms with van der Waals surface area (Å²) in [6, 6.07) is 5.13. The molecule has 0 radical (unpaired) electrons. The molecular weight excluding hydrogens is 356 g/mol. The van der Waals surface area contributed by atoms with Gasteiger partial charge in [0.05, 0.1) is 18.1 Å². The fraction of sp³-hybridized carbons (Fsp3) is 0.556. The maximum Gasteiger partial charge on any atom is 0.514 e. The van der Waals surface area contributed by atoms with Crippen LogP contribution < -0.4 is 4.74 Å². The van der Waals surface area contributed by atoms with Gasteiger partial charge in [0.15, 0.2) is 0 Å². The highest BCUT2D eigenvalue weighted by Gasteiger charge is 2.23. The molecule has 1 amide bonds.